The van der Waals surface area contributed by atoms with E-state index in [0.29, 0.717) is 5.69 Å². The Kier molecular flexibility index (Phi) is 3.05. The molecule has 0 aliphatic carbocycles. The number of nitrogens with zero attached hydrogens (tertiary/aromatic N) is 1. The zero-order chi connectivity index (χ0) is 10.5. The van der Waals surface area contributed by atoms with Crippen LogP contribution in [0.1, 0.15) is 15.4 Å². The van der Waals surface area contributed by atoms with E-state index in [1.165, 1.54) is 0 Å². The molecule has 74 valence electrons. The molecule has 0 atom stereocenters. The molecule has 3 heteroatoms. The largest absolute Gasteiger partial charge is 0.288 e. The van der Waals surface area contributed by atoms with E-state index in [4.69, 9.17) is 0 Å². The van der Waals surface area contributed by atoms with Gasteiger partial charge in [0.15, 0.2) is 0 Å². The number of thiophene rings is 1. The topological polar surface area (TPSA) is 30.0 Å². The molecule has 2 aromatic rings. The van der Waals surface area contributed by atoms with E-state index in [1.54, 1.807) is 41.8 Å². The summed E-state index contributed by atoms with van der Waals surface area (Å²) in [5.74, 6) is -0.0657. The summed E-state index contributed by atoms with van der Waals surface area (Å²) < 4.78 is 0. The lowest BCUT2D eigenvalue weighted by Crippen LogP contribution is -1.96. The van der Waals surface area contributed by atoms with Crippen molar-refractivity contribution in [2.45, 2.75) is 0 Å². The number of carbonyl (C=O) groups is 1. The molecule has 0 bridgehead atoms. The molecule has 0 aliphatic rings. The highest BCUT2D eigenvalue weighted by molar-refractivity contribution is 7.10. The van der Waals surface area contributed by atoms with E-state index in [2.05, 4.69) is 4.98 Å². The Bertz CT molecular complexity index is 460. The van der Waals surface area contributed by atoms with Gasteiger partial charge in [-0.1, -0.05) is 12.1 Å². The Hall–Kier alpha value is -1.74. The average molecular weight is 215 g/mol. The van der Waals surface area contributed by atoms with Crippen LogP contribution in [0.4, 0.5) is 0 Å². The number of rotatable bonds is 3. The normalized spacial score (nSPS) is 10.7. The van der Waals surface area contributed by atoms with Crippen LogP contribution in [0, 0.1) is 0 Å². The van der Waals surface area contributed by atoms with Gasteiger partial charge in [-0.25, -0.2) is 0 Å². The number of aromatic nitrogens is 1. The zero-order valence-corrected chi connectivity index (χ0v) is 8.78. The van der Waals surface area contributed by atoms with Crippen molar-refractivity contribution in [3.8, 4) is 0 Å². The first-order valence-corrected chi connectivity index (χ1v) is 5.41. The SMILES string of the molecule is O=C(/C=C\c1cccs1)c1ccccn1. The van der Waals surface area contributed by atoms with Gasteiger partial charge in [-0.05, 0) is 35.7 Å². The Morgan fingerprint density at radius 3 is 2.87 bits per heavy atom. The number of pyridine rings is 1. The molecule has 2 aromatic heterocycles. The monoisotopic (exact) mass is 215 g/mol. The molecule has 2 heterocycles. The molecule has 0 aliphatic heterocycles. The first kappa shape index (κ1) is 9.80. The van der Waals surface area contributed by atoms with Crippen LogP contribution in [0.15, 0.2) is 48.0 Å². The predicted molar refractivity (Wildman–Crippen MR) is 61.9 cm³/mol. The Balaban J connectivity index is 2.11. The standard InChI is InChI=1S/C12H9NOS/c14-12(11-5-1-2-8-13-11)7-6-10-4-3-9-15-10/h1-9H/b7-6-. The minimum atomic E-state index is -0.0657. The zero-order valence-electron chi connectivity index (χ0n) is 7.96. The number of ketones is 1. The lowest BCUT2D eigenvalue weighted by atomic mass is 10.2. The molecule has 0 saturated carbocycles. The third-order valence-corrected chi connectivity index (χ3v) is 2.70. The molecule has 0 aromatic carbocycles. The molecule has 0 N–H and O–H groups in total. The van der Waals surface area contributed by atoms with E-state index >= 15 is 0 Å². The van der Waals surface area contributed by atoms with E-state index < -0.39 is 0 Å². The van der Waals surface area contributed by atoms with Crippen LogP contribution in [0.25, 0.3) is 6.08 Å². The molecule has 0 saturated heterocycles. The van der Waals surface area contributed by atoms with Crippen LogP contribution in [0.5, 0.6) is 0 Å². The molecular formula is C12H9NOS. The van der Waals surface area contributed by atoms with Crippen LogP contribution < -0.4 is 0 Å². The highest BCUT2D eigenvalue weighted by Crippen LogP contribution is 2.10. The summed E-state index contributed by atoms with van der Waals surface area (Å²) in [4.78, 5) is 16.6. The van der Waals surface area contributed by atoms with Gasteiger partial charge in [0, 0.05) is 11.1 Å². The lowest BCUT2D eigenvalue weighted by molar-refractivity contribution is 0.104. The highest BCUT2D eigenvalue weighted by atomic mass is 32.1. The number of allylic oxidation sites excluding steroid dienone is 1. The minimum Gasteiger partial charge on any atom is -0.288 e. The number of hydrogen-bond donors (Lipinski definition) is 0. The Morgan fingerprint density at radius 2 is 2.20 bits per heavy atom. The van der Waals surface area contributed by atoms with Crippen molar-refractivity contribution in [3.05, 3.63) is 58.6 Å². The average Bonchev–Trinajstić information content (AvgIpc) is 2.80. The molecule has 0 fully saturated rings. The van der Waals surface area contributed by atoms with E-state index in [0.717, 1.165) is 4.88 Å². The summed E-state index contributed by atoms with van der Waals surface area (Å²) in [6.45, 7) is 0. The number of carbonyl (C=O) groups excluding carboxylic acids is 1. The molecule has 2 nitrogen and oxygen atoms in total. The van der Waals surface area contributed by atoms with Gasteiger partial charge in [0.2, 0.25) is 5.78 Å². The van der Waals surface area contributed by atoms with Crippen molar-refractivity contribution in [1.82, 2.24) is 4.98 Å². The maximum atomic E-state index is 11.6. The van der Waals surface area contributed by atoms with E-state index in [9.17, 15) is 4.79 Å². The van der Waals surface area contributed by atoms with Crippen molar-refractivity contribution in [2.75, 3.05) is 0 Å². The second-order valence-corrected chi connectivity index (χ2v) is 3.91. The van der Waals surface area contributed by atoms with Crippen molar-refractivity contribution in [1.29, 1.82) is 0 Å². The Morgan fingerprint density at radius 1 is 1.27 bits per heavy atom. The van der Waals surface area contributed by atoms with Gasteiger partial charge in [-0.15, -0.1) is 11.3 Å². The van der Waals surface area contributed by atoms with Gasteiger partial charge in [0.25, 0.3) is 0 Å². The van der Waals surface area contributed by atoms with Crippen LogP contribution in [0.2, 0.25) is 0 Å². The quantitative estimate of drug-likeness (QED) is 0.582. The maximum Gasteiger partial charge on any atom is 0.204 e. The molecule has 0 amide bonds. The minimum absolute atomic E-state index is 0.0657. The molecule has 0 radical (unpaired) electrons. The van der Waals surface area contributed by atoms with Crippen LogP contribution in [-0.2, 0) is 0 Å². The maximum absolute atomic E-state index is 11.6. The summed E-state index contributed by atoms with van der Waals surface area (Å²) in [5, 5.41) is 1.98. The summed E-state index contributed by atoms with van der Waals surface area (Å²) in [7, 11) is 0. The molecular weight excluding hydrogens is 206 g/mol. The van der Waals surface area contributed by atoms with Crippen molar-refractivity contribution < 1.29 is 4.79 Å². The van der Waals surface area contributed by atoms with Gasteiger partial charge in [-0.2, -0.15) is 0 Å². The first-order chi connectivity index (χ1) is 7.36. The second kappa shape index (κ2) is 4.66. The van der Waals surface area contributed by atoms with Crippen LogP contribution in [0.3, 0.4) is 0 Å². The van der Waals surface area contributed by atoms with Gasteiger partial charge < -0.3 is 0 Å². The van der Waals surface area contributed by atoms with Crippen molar-refractivity contribution >= 4 is 23.2 Å². The lowest BCUT2D eigenvalue weighted by Gasteiger charge is -1.91. The van der Waals surface area contributed by atoms with Crippen LogP contribution in [-0.4, -0.2) is 10.8 Å². The molecule has 0 unspecified atom stereocenters. The molecule has 15 heavy (non-hydrogen) atoms. The molecule has 0 spiro atoms. The fourth-order valence-electron chi connectivity index (χ4n) is 1.14. The number of hydrogen-bond acceptors (Lipinski definition) is 3. The van der Waals surface area contributed by atoms with Crippen molar-refractivity contribution in [2.24, 2.45) is 0 Å². The summed E-state index contributed by atoms with van der Waals surface area (Å²) in [5.41, 5.74) is 0.477. The van der Waals surface area contributed by atoms with Gasteiger partial charge >= 0.3 is 0 Å². The third-order valence-electron chi connectivity index (χ3n) is 1.86. The van der Waals surface area contributed by atoms with Crippen molar-refractivity contribution in [3.63, 3.8) is 0 Å². The molecule has 2 rings (SSSR count). The summed E-state index contributed by atoms with van der Waals surface area (Å²) in [6.07, 6.45) is 4.97. The predicted octanol–water partition coefficient (Wildman–Crippen LogP) is 3.04. The van der Waals surface area contributed by atoms with E-state index in [1.807, 2.05) is 23.6 Å². The first-order valence-electron chi connectivity index (χ1n) is 4.53. The van der Waals surface area contributed by atoms with Gasteiger partial charge in [0.05, 0.1) is 0 Å². The van der Waals surface area contributed by atoms with E-state index in [-0.39, 0.29) is 5.78 Å². The fourth-order valence-corrected chi connectivity index (χ4v) is 1.76. The van der Waals surface area contributed by atoms with Gasteiger partial charge in [-0.3, -0.25) is 9.78 Å². The Labute approximate surface area is 91.9 Å². The smallest absolute Gasteiger partial charge is 0.204 e. The van der Waals surface area contributed by atoms with Gasteiger partial charge in [0.1, 0.15) is 5.69 Å². The fraction of sp³-hybridized carbons (Fsp3) is 0. The van der Waals surface area contributed by atoms with Crippen LogP contribution >= 0.6 is 11.3 Å². The highest BCUT2D eigenvalue weighted by Gasteiger charge is 2.00. The third kappa shape index (κ3) is 2.60. The summed E-state index contributed by atoms with van der Waals surface area (Å²) in [6, 6.07) is 9.22. The second-order valence-electron chi connectivity index (χ2n) is 2.93. The summed E-state index contributed by atoms with van der Waals surface area (Å²) >= 11 is 1.60.